The van der Waals surface area contributed by atoms with Gasteiger partial charge in [-0.05, 0) is 66.2 Å². The van der Waals surface area contributed by atoms with Crippen LogP contribution in [-0.4, -0.2) is 45.8 Å². The van der Waals surface area contributed by atoms with Gasteiger partial charge < -0.3 is 16.4 Å². The van der Waals surface area contributed by atoms with Crippen LogP contribution in [0.4, 0.5) is 0 Å². The van der Waals surface area contributed by atoms with Gasteiger partial charge in [-0.15, -0.1) is 0 Å². The Labute approximate surface area is 195 Å². The van der Waals surface area contributed by atoms with Crippen molar-refractivity contribution in [3.63, 3.8) is 0 Å². The third-order valence-electron chi connectivity index (χ3n) is 6.45. The summed E-state index contributed by atoms with van der Waals surface area (Å²) < 4.78 is 26.4. The minimum Gasteiger partial charge on any atom is -0.354 e. The van der Waals surface area contributed by atoms with Crippen molar-refractivity contribution >= 4 is 26.5 Å². The molecule has 0 aliphatic carbocycles. The molecule has 3 aromatic carbocycles. The predicted molar refractivity (Wildman–Crippen MR) is 132 cm³/mol. The van der Waals surface area contributed by atoms with Gasteiger partial charge in [-0.25, -0.2) is 8.42 Å². The summed E-state index contributed by atoms with van der Waals surface area (Å²) in [4.78, 5) is 12.9. The lowest BCUT2D eigenvalue weighted by molar-refractivity contribution is -0.122. The van der Waals surface area contributed by atoms with Crippen LogP contribution in [0.15, 0.2) is 77.7 Å². The van der Waals surface area contributed by atoms with E-state index in [1.807, 2.05) is 60.7 Å². The van der Waals surface area contributed by atoms with Crippen molar-refractivity contribution in [2.45, 2.75) is 23.8 Å². The van der Waals surface area contributed by atoms with E-state index in [0.29, 0.717) is 24.4 Å². The average Bonchev–Trinajstić information content (AvgIpc) is 2.83. The highest BCUT2D eigenvalue weighted by Crippen LogP contribution is 2.26. The molecule has 174 valence electrons. The Bertz CT molecular complexity index is 1200. The molecular formula is C26H31N3O3S. The highest BCUT2D eigenvalue weighted by molar-refractivity contribution is 7.91. The first-order chi connectivity index (χ1) is 15.9. The van der Waals surface area contributed by atoms with E-state index in [0.717, 1.165) is 29.3 Å². The van der Waals surface area contributed by atoms with Crippen LogP contribution in [0.3, 0.4) is 0 Å². The van der Waals surface area contributed by atoms with E-state index in [2.05, 4.69) is 10.6 Å². The molecule has 2 unspecified atom stereocenters. The molecule has 0 radical (unpaired) electrons. The average molecular weight is 466 g/mol. The Hall–Kier alpha value is -2.74. The molecule has 3 atom stereocenters. The van der Waals surface area contributed by atoms with Gasteiger partial charge in [-0.2, -0.15) is 0 Å². The number of carbonyl (C=O) groups is 1. The summed E-state index contributed by atoms with van der Waals surface area (Å²) in [5.74, 6) is -0.139. The molecular weight excluding hydrogens is 434 g/mol. The van der Waals surface area contributed by atoms with Gasteiger partial charge in [-0.3, -0.25) is 4.79 Å². The zero-order valence-electron chi connectivity index (χ0n) is 18.6. The fraction of sp³-hybridized carbons (Fsp3) is 0.346. The van der Waals surface area contributed by atoms with Crippen molar-refractivity contribution in [2.75, 3.05) is 25.4 Å². The number of rotatable bonds is 8. The molecule has 1 fully saturated rings. The topological polar surface area (TPSA) is 101 Å². The van der Waals surface area contributed by atoms with Gasteiger partial charge in [0.05, 0.1) is 16.7 Å². The Morgan fingerprint density at radius 1 is 1.00 bits per heavy atom. The van der Waals surface area contributed by atoms with E-state index in [-0.39, 0.29) is 23.5 Å². The van der Waals surface area contributed by atoms with Crippen LogP contribution in [-0.2, 0) is 21.1 Å². The summed E-state index contributed by atoms with van der Waals surface area (Å²) in [6.45, 7) is 1.86. The van der Waals surface area contributed by atoms with Gasteiger partial charge in [0.15, 0.2) is 9.84 Å². The highest BCUT2D eigenvalue weighted by atomic mass is 32.2. The van der Waals surface area contributed by atoms with Gasteiger partial charge in [0.25, 0.3) is 0 Å². The smallest absolute Gasteiger partial charge is 0.237 e. The van der Waals surface area contributed by atoms with E-state index in [1.54, 1.807) is 12.1 Å². The molecule has 4 rings (SSSR count). The number of carbonyl (C=O) groups excluding carboxylic acids is 1. The molecule has 33 heavy (non-hydrogen) atoms. The standard InChI is InChI=1S/C26H31N3O3S/c27-25(14-19-6-2-1-3-7-19)26(30)29-17-23-16-28-13-12-22(23)18-33(31,32)24-11-10-20-8-4-5-9-21(20)15-24/h1-11,15,22-23,25,28H,12-14,16-18,27H2,(H,29,30)/t22?,23?,25-/m0/s1. The molecule has 1 amide bonds. The molecule has 6 nitrogen and oxygen atoms in total. The molecule has 4 N–H and O–H groups in total. The lowest BCUT2D eigenvalue weighted by Crippen LogP contribution is -2.48. The Morgan fingerprint density at radius 2 is 1.73 bits per heavy atom. The summed E-state index contributed by atoms with van der Waals surface area (Å²) in [5.41, 5.74) is 7.11. The van der Waals surface area contributed by atoms with Crippen LogP contribution in [0.25, 0.3) is 10.8 Å². The lowest BCUT2D eigenvalue weighted by Gasteiger charge is -2.32. The molecule has 0 saturated carbocycles. The highest BCUT2D eigenvalue weighted by Gasteiger charge is 2.31. The summed E-state index contributed by atoms with van der Waals surface area (Å²) in [6.07, 6.45) is 1.22. The second-order valence-corrected chi connectivity index (χ2v) is 10.9. The maximum atomic E-state index is 13.2. The Balaban J connectivity index is 1.38. The number of sulfone groups is 1. The van der Waals surface area contributed by atoms with Crippen molar-refractivity contribution in [2.24, 2.45) is 17.6 Å². The van der Waals surface area contributed by atoms with E-state index >= 15 is 0 Å². The normalized spacial score (nSPS) is 19.8. The van der Waals surface area contributed by atoms with Crippen molar-refractivity contribution in [3.8, 4) is 0 Å². The van der Waals surface area contributed by atoms with E-state index in [1.165, 1.54) is 0 Å². The van der Waals surface area contributed by atoms with E-state index in [9.17, 15) is 13.2 Å². The molecule has 3 aromatic rings. The fourth-order valence-corrected chi connectivity index (χ4v) is 6.27. The molecule has 1 saturated heterocycles. The number of hydrogen-bond donors (Lipinski definition) is 3. The first kappa shape index (κ1) is 23.4. The second kappa shape index (κ2) is 10.5. The maximum absolute atomic E-state index is 13.2. The molecule has 0 spiro atoms. The number of benzene rings is 3. The van der Waals surface area contributed by atoms with Crippen LogP contribution in [0.1, 0.15) is 12.0 Å². The molecule has 0 aromatic heterocycles. The number of nitrogens with two attached hydrogens (primary N) is 1. The van der Waals surface area contributed by atoms with Crippen LogP contribution < -0.4 is 16.4 Å². The summed E-state index contributed by atoms with van der Waals surface area (Å²) >= 11 is 0. The van der Waals surface area contributed by atoms with Gasteiger partial charge in [0, 0.05) is 6.54 Å². The zero-order chi connectivity index (χ0) is 23.3. The Kier molecular flexibility index (Phi) is 7.42. The SMILES string of the molecule is N[C@@H](Cc1ccccc1)C(=O)NCC1CNCCC1CS(=O)(=O)c1ccc2ccccc2c1. The van der Waals surface area contributed by atoms with Gasteiger partial charge in [0.2, 0.25) is 5.91 Å². The van der Waals surface area contributed by atoms with Crippen LogP contribution in [0, 0.1) is 11.8 Å². The number of fused-ring (bicyclic) bond motifs is 1. The first-order valence-electron chi connectivity index (χ1n) is 11.4. The number of hydrogen-bond acceptors (Lipinski definition) is 5. The third kappa shape index (κ3) is 5.99. The maximum Gasteiger partial charge on any atom is 0.237 e. The quantitative estimate of drug-likeness (QED) is 0.475. The van der Waals surface area contributed by atoms with Crippen LogP contribution in [0.5, 0.6) is 0 Å². The summed E-state index contributed by atoms with van der Waals surface area (Å²) in [6, 6.07) is 22.1. The number of amides is 1. The zero-order valence-corrected chi connectivity index (χ0v) is 19.4. The number of nitrogens with one attached hydrogen (secondary N) is 2. The van der Waals surface area contributed by atoms with Crippen LogP contribution >= 0.6 is 0 Å². The predicted octanol–water partition coefficient (Wildman–Crippen LogP) is 2.53. The molecule has 1 aliphatic rings. The molecule has 7 heteroatoms. The fourth-order valence-electron chi connectivity index (χ4n) is 4.50. The van der Waals surface area contributed by atoms with E-state index < -0.39 is 15.9 Å². The van der Waals surface area contributed by atoms with Crippen molar-refractivity contribution in [1.29, 1.82) is 0 Å². The monoisotopic (exact) mass is 465 g/mol. The molecule has 1 heterocycles. The van der Waals surface area contributed by atoms with Gasteiger partial charge >= 0.3 is 0 Å². The van der Waals surface area contributed by atoms with Crippen LogP contribution in [0.2, 0.25) is 0 Å². The van der Waals surface area contributed by atoms with Gasteiger partial charge in [-0.1, -0.05) is 60.7 Å². The number of piperidine rings is 1. The lowest BCUT2D eigenvalue weighted by atomic mass is 9.88. The first-order valence-corrected chi connectivity index (χ1v) is 13.1. The summed E-state index contributed by atoms with van der Waals surface area (Å²) in [7, 11) is -3.45. The minimum absolute atomic E-state index is 0.0295. The van der Waals surface area contributed by atoms with Gasteiger partial charge in [0.1, 0.15) is 0 Å². The third-order valence-corrected chi connectivity index (χ3v) is 8.29. The minimum atomic E-state index is -3.45. The Morgan fingerprint density at radius 3 is 2.52 bits per heavy atom. The van der Waals surface area contributed by atoms with Crippen molar-refractivity contribution in [3.05, 3.63) is 78.4 Å². The molecule has 0 bridgehead atoms. The molecule has 1 aliphatic heterocycles. The van der Waals surface area contributed by atoms with Crippen molar-refractivity contribution in [1.82, 2.24) is 10.6 Å². The summed E-state index contributed by atoms with van der Waals surface area (Å²) in [5, 5.41) is 8.22. The largest absolute Gasteiger partial charge is 0.354 e. The van der Waals surface area contributed by atoms with E-state index in [4.69, 9.17) is 5.73 Å². The second-order valence-electron chi connectivity index (χ2n) is 8.84. The van der Waals surface area contributed by atoms with Crippen molar-refractivity contribution < 1.29 is 13.2 Å².